The summed E-state index contributed by atoms with van der Waals surface area (Å²) in [6, 6.07) is 5.88. The van der Waals surface area contributed by atoms with E-state index in [0.717, 1.165) is 11.2 Å². The summed E-state index contributed by atoms with van der Waals surface area (Å²) in [6.07, 6.45) is 1.000. The first kappa shape index (κ1) is 24.1. The van der Waals surface area contributed by atoms with Gasteiger partial charge in [0, 0.05) is 13.2 Å². The average molecular weight is 477 g/mol. The van der Waals surface area contributed by atoms with E-state index in [2.05, 4.69) is 5.32 Å². The number of aromatic hydroxyl groups is 1. The Bertz CT molecular complexity index is 1240. The maximum Gasteiger partial charge on any atom is 0.264 e. The third kappa shape index (κ3) is 4.77. The Morgan fingerprint density at radius 2 is 1.85 bits per heavy atom. The Kier molecular flexibility index (Phi) is 6.63. The number of methoxy groups -OCH3 is 1. The van der Waals surface area contributed by atoms with Crippen LogP contribution in [0.5, 0.6) is 17.2 Å². The first-order valence-electron chi connectivity index (χ1n) is 9.98. The van der Waals surface area contributed by atoms with Gasteiger partial charge in [-0.1, -0.05) is 6.07 Å². The molecule has 0 saturated heterocycles. The van der Waals surface area contributed by atoms with Crippen LogP contribution in [0.25, 0.3) is 0 Å². The summed E-state index contributed by atoms with van der Waals surface area (Å²) in [4.78, 5) is 39.1. The number of anilines is 1. The van der Waals surface area contributed by atoms with Gasteiger partial charge in [0.25, 0.3) is 11.8 Å². The molecule has 33 heavy (non-hydrogen) atoms. The van der Waals surface area contributed by atoms with Crippen molar-refractivity contribution >= 4 is 33.2 Å². The highest BCUT2D eigenvalue weighted by Gasteiger charge is 2.44. The second kappa shape index (κ2) is 9.10. The molecule has 3 amide bonds. The summed E-state index contributed by atoms with van der Waals surface area (Å²) in [7, 11) is -2.21. The molecule has 0 saturated carbocycles. The van der Waals surface area contributed by atoms with Crippen LogP contribution in [0.1, 0.15) is 46.2 Å². The number of carbonyl (C=O) groups is 3. The number of sulfone groups is 1. The first-order chi connectivity index (χ1) is 15.5. The van der Waals surface area contributed by atoms with Gasteiger partial charge in [0.15, 0.2) is 11.5 Å². The third-order valence-corrected chi connectivity index (χ3v) is 5.93. The molecule has 1 aliphatic rings. The van der Waals surface area contributed by atoms with E-state index in [1.165, 1.54) is 32.2 Å². The van der Waals surface area contributed by atoms with Gasteiger partial charge < -0.3 is 19.9 Å². The Hall–Kier alpha value is -3.60. The van der Waals surface area contributed by atoms with Crippen molar-refractivity contribution < 1.29 is 37.4 Å². The van der Waals surface area contributed by atoms with Crippen LogP contribution in [0.15, 0.2) is 30.3 Å². The molecule has 0 radical (unpaired) electrons. The van der Waals surface area contributed by atoms with Gasteiger partial charge in [0.05, 0.1) is 42.3 Å². The van der Waals surface area contributed by atoms with Gasteiger partial charge in [-0.3, -0.25) is 19.3 Å². The van der Waals surface area contributed by atoms with Gasteiger partial charge >= 0.3 is 0 Å². The molecule has 176 valence electrons. The van der Waals surface area contributed by atoms with Crippen molar-refractivity contribution in [2.24, 2.45) is 0 Å². The van der Waals surface area contributed by atoms with Crippen molar-refractivity contribution in [2.75, 3.05) is 31.0 Å². The van der Waals surface area contributed by atoms with Gasteiger partial charge in [0.1, 0.15) is 15.6 Å². The second-order valence-corrected chi connectivity index (χ2v) is 9.68. The van der Waals surface area contributed by atoms with E-state index in [4.69, 9.17) is 9.47 Å². The van der Waals surface area contributed by atoms with Crippen LogP contribution in [0.3, 0.4) is 0 Å². The quantitative estimate of drug-likeness (QED) is 0.436. The number of hydrogen-bond acceptors (Lipinski definition) is 8. The van der Waals surface area contributed by atoms with E-state index >= 15 is 0 Å². The molecule has 10 nitrogen and oxygen atoms in total. The summed E-state index contributed by atoms with van der Waals surface area (Å²) >= 11 is 0. The molecule has 11 heteroatoms. The van der Waals surface area contributed by atoms with Crippen LogP contribution < -0.4 is 14.8 Å². The SMILES string of the molecule is CCOc1cc([C@@H](CS(C)(=O)=O)N2C(=O)c3ccc(O)c(NC(C)=O)c3C2=O)ccc1OC. The Labute approximate surface area is 191 Å². The van der Waals surface area contributed by atoms with Gasteiger partial charge in [-0.2, -0.15) is 0 Å². The molecular formula is C22H24N2O8S. The van der Waals surface area contributed by atoms with E-state index < -0.39 is 45.1 Å². The van der Waals surface area contributed by atoms with E-state index in [-0.39, 0.29) is 16.8 Å². The first-order valence-corrected chi connectivity index (χ1v) is 12.0. The van der Waals surface area contributed by atoms with Gasteiger partial charge in [-0.15, -0.1) is 0 Å². The number of phenols is 1. The van der Waals surface area contributed by atoms with Gasteiger partial charge in [0.2, 0.25) is 5.91 Å². The molecule has 1 heterocycles. The minimum absolute atomic E-state index is 0.0569. The number of imide groups is 1. The summed E-state index contributed by atoms with van der Waals surface area (Å²) in [5, 5.41) is 12.6. The van der Waals surface area contributed by atoms with Crippen molar-refractivity contribution in [2.45, 2.75) is 19.9 Å². The predicted molar refractivity (Wildman–Crippen MR) is 120 cm³/mol. The molecule has 0 fully saturated rings. The Balaban J connectivity index is 2.16. The van der Waals surface area contributed by atoms with Crippen molar-refractivity contribution in [1.29, 1.82) is 0 Å². The lowest BCUT2D eigenvalue weighted by Crippen LogP contribution is -2.37. The number of ether oxygens (including phenoxy) is 2. The number of nitrogens with zero attached hydrogens (tertiary/aromatic N) is 1. The molecule has 3 rings (SSSR count). The second-order valence-electron chi connectivity index (χ2n) is 7.50. The number of fused-ring (bicyclic) bond motifs is 1. The van der Waals surface area contributed by atoms with Crippen LogP contribution in [0, 0.1) is 0 Å². The zero-order valence-electron chi connectivity index (χ0n) is 18.5. The normalized spacial score (nSPS) is 14.1. The van der Waals surface area contributed by atoms with E-state index in [1.54, 1.807) is 19.1 Å². The highest BCUT2D eigenvalue weighted by molar-refractivity contribution is 7.90. The Morgan fingerprint density at radius 1 is 1.15 bits per heavy atom. The van der Waals surface area contributed by atoms with Crippen molar-refractivity contribution in [3.05, 3.63) is 47.0 Å². The minimum atomic E-state index is -3.66. The number of carbonyl (C=O) groups excluding carboxylic acids is 3. The van der Waals surface area contributed by atoms with Crippen molar-refractivity contribution in [3.63, 3.8) is 0 Å². The monoisotopic (exact) mass is 476 g/mol. The fraction of sp³-hybridized carbons (Fsp3) is 0.318. The molecule has 0 aliphatic carbocycles. The Morgan fingerprint density at radius 3 is 2.42 bits per heavy atom. The highest BCUT2D eigenvalue weighted by Crippen LogP contribution is 2.41. The smallest absolute Gasteiger partial charge is 0.264 e. The van der Waals surface area contributed by atoms with Crippen molar-refractivity contribution in [3.8, 4) is 17.2 Å². The molecule has 2 N–H and O–H groups in total. The molecule has 2 aromatic carbocycles. The lowest BCUT2D eigenvalue weighted by atomic mass is 10.1. The maximum atomic E-state index is 13.4. The van der Waals surface area contributed by atoms with Crippen LogP contribution in [-0.2, 0) is 14.6 Å². The number of amides is 3. The maximum absolute atomic E-state index is 13.4. The molecule has 2 aromatic rings. The molecule has 0 aromatic heterocycles. The van der Waals surface area contributed by atoms with Crippen LogP contribution in [-0.4, -0.2) is 61.9 Å². The standard InChI is InChI=1S/C22H24N2O8S/c1-5-32-18-10-13(6-9-17(18)31-3)15(11-33(4,29)30)24-21(27)14-7-8-16(26)20(23-12(2)25)19(14)22(24)28/h6-10,15,26H,5,11H2,1-4H3,(H,23,25)/t15-/m1/s1. The highest BCUT2D eigenvalue weighted by atomic mass is 32.2. The van der Waals surface area contributed by atoms with Crippen LogP contribution in [0.2, 0.25) is 0 Å². The molecule has 1 aliphatic heterocycles. The van der Waals surface area contributed by atoms with Gasteiger partial charge in [-0.25, -0.2) is 8.42 Å². The fourth-order valence-electron chi connectivity index (χ4n) is 3.70. The average Bonchev–Trinajstić information content (AvgIpc) is 2.98. The molecule has 0 spiro atoms. The molecule has 0 unspecified atom stereocenters. The number of phenolic OH excluding ortho intramolecular Hbond substituents is 1. The topological polar surface area (TPSA) is 139 Å². The van der Waals surface area contributed by atoms with Crippen molar-refractivity contribution in [1.82, 2.24) is 4.90 Å². The summed E-state index contributed by atoms with van der Waals surface area (Å²) in [5.41, 5.74) is -0.126. The predicted octanol–water partition coefficient (Wildman–Crippen LogP) is 2.14. The lowest BCUT2D eigenvalue weighted by molar-refractivity contribution is -0.114. The number of benzene rings is 2. The number of hydrogen-bond donors (Lipinski definition) is 2. The van der Waals surface area contributed by atoms with Crippen LogP contribution >= 0.6 is 0 Å². The summed E-state index contributed by atoms with van der Waals surface area (Å²) in [5.74, 6) is -2.35. The lowest BCUT2D eigenvalue weighted by Gasteiger charge is -2.27. The van der Waals surface area contributed by atoms with E-state index in [0.29, 0.717) is 23.7 Å². The number of nitrogens with one attached hydrogen (secondary N) is 1. The van der Waals surface area contributed by atoms with Crippen LogP contribution in [0.4, 0.5) is 5.69 Å². The third-order valence-electron chi connectivity index (χ3n) is 5.01. The molecule has 1 atom stereocenters. The summed E-state index contributed by atoms with van der Waals surface area (Å²) < 4.78 is 35.3. The van der Waals surface area contributed by atoms with E-state index in [9.17, 15) is 27.9 Å². The molecule has 0 bridgehead atoms. The van der Waals surface area contributed by atoms with Gasteiger partial charge in [-0.05, 0) is 36.8 Å². The summed E-state index contributed by atoms with van der Waals surface area (Å²) in [6.45, 7) is 3.26. The largest absolute Gasteiger partial charge is 0.506 e. The molecular weight excluding hydrogens is 452 g/mol. The fourth-order valence-corrected chi connectivity index (χ4v) is 4.61. The minimum Gasteiger partial charge on any atom is -0.506 e. The zero-order chi connectivity index (χ0) is 24.5. The number of rotatable bonds is 8. The van der Waals surface area contributed by atoms with E-state index in [1.807, 2.05) is 0 Å². The zero-order valence-corrected chi connectivity index (χ0v) is 19.4.